The number of rotatable bonds is 3. The van der Waals surface area contributed by atoms with Gasteiger partial charge in [0.05, 0.1) is 10.6 Å². The zero-order chi connectivity index (χ0) is 15.8. The van der Waals surface area contributed by atoms with Gasteiger partial charge in [0.25, 0.3) is 0 Å². The Morgan fingerprint density at radius 1 is 1.52 bits per heavy atom. The minimum Gasteiger partial charge on any atom is -0.478 e. The number of halogens is 2. The molecule has 21 heavy (non-hydrogen) atoms. The van der Waals surface area contributed by atoms with Gasteiger partial charge in [-0.05, 0) is 19.1 Å². The van der Waals surface area contributed by atoms with Crippen molar-refractivity contribution in [3.8, 4) is 0 Å². The van der Waals surface area contributed by atoms with E-state index in [-0.39, 0.29) is 24.2 Å². The zero-order valence-electron chi connectivity index (χ0n) is 11.1. The van der Waals surface area contributed by atoms with Crippen LogP contribution in [0.15, 0.2) is 17.0 Å². The van der Waals surface area contributed by atoms with E-state index in [2.05, 4.69) is 5.32 Å². The fourth-order valence-corrected chi connectivity index (χ4v) is 3.98. The summed E-state index contributed by atoms with van der Waals surface area (Å²) in [6.07, 6.45) is 0. The molecule has 1 heterocycles. The number of hydrogen-bond donors (Lipinski definition) is 2. The van der Waals surface area contributed by atoms with E-state index in [4.69, 9.17) is 16.7 Å². The monoisotopic (exact) mass is 336 g/mol. The highest BCUT2D eigenvalue weighted by Gasteiger charge is 2.32. The van der Waals surface area contributed by atoms with Gasteiger partial charge in [0.15, 0.2) is 0 Å². The maximum Gasteiger partial charge on any atom is 0.337 e. The van der Waals surface area contributed by atoms with Crippen molar-refractivity contribution in [2.75, 3.05) is 19.6 Å². The van der Waals surface area contributed by atoms with E-state index in [1.807, 2.05) is 6.92 Å². The molecule has 0 bridgehead atoms. The molecule has 0 spiro atoms. The summed E-state index contributed by atoms with van der Waals surface area (Å²) >= 11 is 5.62. The Morgan fingerprint density at radius 3 is 2.76 bits per heavy atom. The topological polar surface area (TPSA) is 86.7 Å². The molecule has 1 atom stereocenters. The Balaban J connectivity index is 2.49. The molecule has 1 saturated heterocycles. The molecule has 1 fully saturated rings. The van der Waals surface area contributed by atoms with Crippen molar-refractivity contribution in [1.29, 1.82) is 0 Å². The van der Waals surface area contributed by atoms with Crippen LogP contribution in [0.4, 0.5) is 4.39 Å². The number of piperazine rings is 1. The van der Waals surface area contributed by atoms with Crippen LogP contribution in [0.1, 0.15) is 17.3 Å². The zero-order valence-corrected chi connectivity index (χ0v) is 12.7. The van der Waals surface area contributed by atoms with Crippen molar-refractivity contribution in [1.82, 2.24) is 9.62 Å². The third-order valence-corrected chi connectivity index (χ3v) is 5.39. The van der Waals surface area contributed by atoms with Crippen LogP contribution in [0, 0.1) is 5.82 Å². The molecule has 0 amide bonds. The lowest BCUT2D eigenvalue weighted by Gasteiger charge is -2.31. The molecule has 1 aliphatic heterocycles. The van der Waals surface area contributed by atoms with Crippen molar-refractivity contribution < 1.29 is 22.7 Å². The highest BCUT2D eigenvalue weighted by Crippen LogP contribution is 2.26. The van der Waals surface area contributed by atoms with Gasteiger partial charge in [0, 0.05) is 25.7 Å². The van der Waals surface area contributed by atoms with E-state index in [1.54, 1.807) is 0 Å². The van der Waals surface area contributed by atoms with Gasteiger partial charge in [-0.2, -0.15) is 4.31 Å². The summed E-state index contributed by atoms with van der Waals surface area (Å²) in [5, 5.41) is 11.7. The first-order valence-electron chi connectivity index (χ1n) is 6.19. The summed E-state index contributed by atoms with van der Waals surface area (Å²) < 4.78 is 40.0. The molecule has 0 aliphatic carbocycles. The first-order valence-corrected chi connectivity index (χ1v) is 8.01. The maximum absolute atomic E-state index is 13.9. The van der Waals surface area contributed by atoms with E-state index >= 15 is 0 Å². The van der Waals surface area contributed by atoms with Gasteiger partial charge in [-0.15, -0.1) is 0 Å². The highest BCUT2D eigenvalue weighted by molar-refractivity contribution is 7.89. The molecule has 0 saturated carbocycles. The molecule has 1 aliphatic rings. The lowest BCUT2D eigenvalue weighted by molar-refractivity contribution is 0.0696. The second kappa shape index (κ2) is 5.88. The van der Waals surface area contributed by atoms with Crippen molar-refractivity contribution in [3.63, 3.8) is 0 Å². The van der Waals surface area contributed by atoms with Gasteiger partial charge >= 0.3 is 5.97 Å². The van der Waals surface area contributed by atoms with Gasteiger partial charge in [-0.25, -0.2) is 17.6 Å². The van der Waals surface area contributed by atoms with Crippen LogP contribution in [0.25, 0.3) is 0 Å². The van der Waals surface area contributed by atoms with Crippen LogP contribution >= 0.6 is 11.6 Å². The van der Waals surface area contributed by atoms with Gasteiger partial charge in [-0.1, -0.05) is 11.6 Å². The lowest BCUT2D eigenvalue weighted by Crippen LogP contribution is -2.51. The van der Waals surface area contributed by atoms with Crippen LogP contribution in [0.5, 0.6) is 0 Å². The average molecular weight is 337 g/mol. The van der Waals surface area contributed by atoms with Crippen LogP contribution in [-0.2, 0) is 10.0 Å². The second-order valence-corrected chi connectivity index (χ2v) is 7.10. The number of aromatic carboxylic acids is 1. The molecule has 0 unspecified atom stereocenters. The Bertz CT molecular complexity index is 680. The first kappa shape index (κ1) is 16.2. The minimum atomic E-state index is -4.10. The molecule has 6 nitrogen and oxygen atoms in total. The van der Waals surface area contributed by atoms with Crippen LogP contribution in [0.2, 0.25) is 5.02 Å². The second-order valence-electron chi connectivity index (χ2n) is 4.79. The number of benzene rings is 1. The Hall–Kier alpha value is -1.22. The van der Waals surface area contributed by atoms with Crippen LogP contribution < -0.4 is 5.32 Å². The normalized spacial score (nSPS) is 20.4. The molecular formula is C12H14ClFN2O4S. The summed E-state index contributed by atoms with van der Waals surface area (Å²) in [7, 11) is -4.10. The largest absolute Gasteiger partial charge is 0.478 e. The summed E-state index contributed by atoms with van der Waals surface area (Å²) in [6, 6.07) is 1.41. The number of nitrogens with zero attached hydrogens (tertiary/aromatic N) is 1. The minimum absolute atomic E-state index is 0.0668. The van der Waals surface area contributed by atoms with Gasteiger partial charge in [0.1, 0.15) is 10.7 Å². The Morgan fingerprint density at radius 2 is 2.19 bits per heavy atom. The summed E-state index contributed by atoms with van der Waals surface area (Å²) in [5.74, 6) is -2.47. The van der Waals surface area contributed by atoms with E-state index in [1.165, 1.54) is 0 Å². The average Bonchev–Trinajstić information content (AvgIpc) is 2.37. The van der Waals surface area contributed by atoms with Crippen molar-refractivity contribution in [2.45, 2.75) is 17.9 Å². The van der Waals surface area contributed by atoms with Crippen LogP contribution in [0.3, 0.4) is 0 Å². The smallest absolute Gasteiger partial charge is 0.337 e. The maximum atomic E-state index is 13.9. The SMILES string of the molecule is C[C@@H]1CN(S(=O)(=O)c2cc(C(=O)O)c(Cl)cc2F)CCN1. The number of carbonyl (C=O) groups is 1. The van der Waals surface area contributed by atoms with E-state index < -0.39 is 32.3 Å². The quantitative estimate of drug-likeness (QED) is 0.865. The molecular weight excluding hydrogens is 323 g/mol. The molecule has 2 rings (SSSR count). The predicted octanol–water partition coefficient (Wildman–Crippen LogP) is 1.16. The lowest BCUT2D eigenvalue weighted by atomic mass is 10.2. The highest BCUT2D eigenvalue weighted by atomic mass is 35.5. The number of carboxylic acids is 1. The molecule has 2 N–H and O–H groups in total. The summed E-state index contributed by atoms with van der Waals surface area (Å²) in [5.41, 5.74) is -0.445. The third-order valence-electron chi connectivity index (χ3n) is 3.20. The van der Waals surface area contributed by atoms with Gasteiger partial charge in [-0.3, -0.25) is 0 Å². The van der Waals surface area contributed by atoms with Gasteiger partial charge < -0.3 is 10.4 Å². The van der Waals surface area contributed by atoms with Crippen molar-refractivity contribution in [3.05, 3.63) is 28.5 Å². The number of sulfonamides is 1. The number of nitrogens with one attached hydrogen (secondary N) is 1. The molecule has 1 aromatic carbocycles. The number of hydrogen-bond acceptors (Lipinski definition) is 4. The Labute approximate surface area is 126 Å². The van der Waals surface area contributed by atoms with E-state index in [0.29, 0.717) is 12.6 Å². The van der Waals surface area contributed by atoms with Gasteiger partial charge in [0.2, 0.25) is 10.0 Å². The summed E-state index contributed by atoms with van der Waals surface area (Å²) in [6.45, 7) is 2.63. The molecule has 116 valence electrons. The standard InChI is InChI=1S/C12H14ClFN2O4S/c1-7-6-16(3-2-15-7)21(19,20)11-4-8(12(17)18)9(13)5-10(11)14/h4-5,7,15H,2-3,6H2,1H3,(H,17,18)/t7-/m1/s1. The fraction of sp³-hybridized carbons (Fsp3) is 0.417. The van der Waals surface area contributed by atoms with E-state index in [9.17, 15) is 17.6 Å². The predicted molar refractivity (Wildman–Crippen MR) is 74.6 cm³/mol. The van der Waals surface area contributed by atoms with Crippen molar-refractivity contribution in [2.24, 2.45) is 0 Å². The van der Waals surface area contributed by atoms with Crippen LogP contribution in [-0.4, -0.2) is 49.5 Å². The molecule has 0 aromatic heterocycles. The first-order chi connectivity index (χ1) is 9.73. The fourth-order valence-electron chi connectivity index (χ4n) is 2.15. The molecule has 0 radical (unpaired) electrons. The third kappa shape index (κ3) is 3.18. The molecule has 9 heteroatoms. The van der Waals surface area contributed by atoms with E-state index in [0.717, 1.165) is 10.4 Å². The number of carboxylic acid groups (broad SMARTS) is 1. The van der Waals surface area contributed by atoms with Crippen molar-refractivity contribution >= 4 is 27.6 Å². The Kier molecular flexibility index (Phi) is 4.52. The molecule has 1 aromatic rings. The summed E-state index contributed by atoms with van der Waals surface area (Å²) in [4.78, 5) is 10.3.